The molecule has 6 heteroatoms. The average Bonchev–Trinajstić information content (AvgIpc) is 2.69. The molecule has 2 heterocycles. The van der Waals surface area contributed by atoms with Crippen LogP contribution >= 0.6 is 0 Å². The van der Waals surface area contributed by atoms with E-state index in [0.717, 1.165) is 58.5 Å². The monoisotopic (exact) mass is 375 g/mol. The zero-order chi connectivity index (χ0) is 19.2. The third-order valence-corrected chi connectivity index (χ3v) is 5.79. The lowest BCUT2D eigenvalue weighted by Crippen LogP contribution is -2.41. The maximum absolute atomic E-state index is 14.6. The number of nitrogens with zero attached hydrogens (tertiary/aromatic N) is 2. The Morgan fingerprint density at radius 1 is 1.22 bits per heavy atom. The third-order valence-electron chi connectivity index (χ3n) is 5.79. The van der Waals surface area contributed by atoms with Crippen LogP contribution in [0.4, 0.5) is 10.1 Å². The first-order valence-corrected chi connectivity index (χ1v) is 9.97. The molecule has 0 unspecified atom stereocenters. The smallest absolute Gasteiger partial charge is 0.219 e. The lowest BCUT2D eigenvalue weighted by atomic mass is 9.96. The van der Waals surface area contributed by atoms with Crippen molar-refractivity contribution in [1.82, 2.24) is 4.90 Å². The Morgan fingerprint density at radius 3 is 2.56 bits per heavy atom. The van der Waals surface area contributed by atoms with E-state index in [2.05, 4.69) is 4.90 Å². The Morgan fingerprint density at radius 2 is 1.93 bits per heavy atom. The van der Waals surface area contributed by atoms with Gasteiger partial charge in [0.2, 0.25) is 5.91 Å². The Bertz CT molecular complexity index is 651. The normalized spacial score (nSPS) is 19.3. The van der Waals surface area contributed by atoms with E-state index in [0.29, 0.717) is 23.6 Å². The number of nitrogens with one attached hydrogen (secondary N) is 1. The minimum absolute atomic E-state index is 0.151. The van der Waals surface area contributed by atoms with E-state index in [1.807, 2.05) is 17.0 Å². The maximum atomic E-state index is 14.6. The van der Waals surface area contributed by atoms with Crippen molar-refractivity contribution < 1.29 is 13.9 Å². The maximum Gasteiger partial charge on any atom is 0.219 e. The first kappa shape index (κ1) is 19.8. The molecule has 0 bridgehead atoms. The molecule has 2 saturated heterocycles. The largest absolute Gasteiger partial charge is 0.378 e. The van der Waals surface area contributed by atoms with Crippen molar-refractivity contribution in [2.24, 2.45) is 5.92 Å². The van der Waals surface area contributed by atoms with Gasteiger partial charge < -0.3 is 19.9 Å². The van der Waals surface area contributed by atoms with Crippen LogP contribution in [0.15, 0.2) is 18.2 Å². The zero-order valence-electron chi connectivity index (χ0n) is 16.1. The van der Waals surface area contributed by atoms with Crippen LogP contribution in [0.3, 0.4) is 0 Å². The van der Waals surface area contributed by atoms with Crippen LogP contribution in [0.1, 0.15) is 38.2 Å². The molecule has 1 amide bonds. The molecule has 2 fully saturated rings. The lowest BCUT2D eigenvalue weighted by Gasteiger charge is -2.36. The predicted octanol–water partition coefficient (Wildman–Crippen LogP) is 3.26. The van der Waals surface area contributed by atoms with E-state index >= 15 is 0 Å². The summed E-state index contributed by atoms with van der Waals surface area (Å²) >= 11 is 0. The van der Waals surface area contributed by atoms with Crippen molar-refractivity contribution in [3.05, 3.63) is 29.6 Å². The second-order valence-corrected chi connectivity index (χ2v) is 7.63. The van der Waals surface area contributed by atoms with Crippen molar-refractivity contribution in [3.8, 4) is 0 Å². The number of rotatable bonds is 6. The average molecular weight is 375 g/mol. The van der Waals surface area contributed by atoms with Crippen LogP contribution in [-0.2, 0) is 16.0 Å². The standard InChI is InChI=1S/C21H30FN3O2/c1-16(26)24-13-8-19(9-14-24)27-15-17-6-11-25(12-7-17)20-4-2-3-18(5-10-23)21(20)22/h2-4,10,17,19,23H,5-9,11-15H2,1H3. The van der Waals surface area contributed by atoms with Gasteiger partial charge >= 0.3 is 0 Å². The zero-order valence-corrected chi connectivity index (χ0v) is 16.1. The fourth-order valence-electron chi connectivity index (χ4n) is 4.03. The highest BCUT2D eigenvalue weighted by Gasteiger charge is 2.25. The Labute approximate surface area is 161 Å². The fourth-order valence-corrected chi connectivity index (χ4v) is 4.03. The quantitative estimate of drug-likeness (QED) is 0.777. The van der Waals surface area contributed by atoms with Crippen LogP contribution in [0, 0.1) is 17.1 Å². The van der Waals surface area contributed by atoms with Gasteiger partial charge in [0, 0.05) is 46.1 Å². The minimum Gasteiger partial charge on any atom is -0.378 e. The highest BCUT2D eigenvalue weighted by Crippen LogP contribution is 2.28. The Hall–Kier alpha value is -1.95. The van der Waals surface area contributed by atoms with E-state index in [4.69, 9.17) is 10.1 Å². The van der Waals surface area contributed by atoms with Crippen LogP contribution in [0.5, 0.6) is 0 Å². The number of halogens is 1. The van der Waals surface area contributed by atoms with Gasteiger partial charge in [-0.25, -0.2) is 4.39 Å². The fraction of sp³-hybridized carbons (Fsp3) is 0.619. The molecule has 2 aliphatic heterocycles. The minimum atomic E-state index is -0.187. The SMILES string of the molecule is CC(=O)N1CCC(OCC2CCN(c3cccc(CC=N)c3F)CC2)CC1. The molecule has 1 N–H and O–H groups in total. The molecular formula is C21H30FN3O2. The summed E-state index contributed by atoms with van der Waals surface area (Å²) in [7, 11) is 0. The second kappa shape index (κ2) is 9.31. The van der Waals surface area contributed by atoms with Gasteiger partial charge in [0.25, 0.3) is 0 Å². The summed E-state index contributed by atoms with van der Waals surface area (Å²) in [5.41, 5.74) is 1.25. The summed E-state index contributed by atoms with van der Waals surface area (Å²) < 4.78 is 20.7. The summed E-state index contributed by atoms with van der Waals surface area (Å²) in [5.74, 6) is 0.477. The van der Waals surface area contributed by atoms with Crippen LogP contribution in [0.2, 0.25) is 0 Å². The van der Waals surface area contributed by atoms with E-state index in [-0.39, 0.29) is 17.8 Å². The number of hydrogen-bond acceptors (Lipinski definition) is 4. The number of carbonyl (C=O) groups is 1. The summed E-state index contributed by atoms with van der Waals surface area (Å²) in [6, 6.07) is 5.46. The highest BCUT2D eigenvalue weighted by atomic mass is 19.1. The van der Waals surface area contributed by atoms with Crippen LogP contribution < -0.4 is 4.90 Å². The number of benzene rings is 1. The molecule has 0 radical (unpaired) electrons. The van der Waals surface area contributed by atoms with E-state index in [9.17, 15) is 9.18 Å². The molecule has 0 aromatic heterocycles. The van der Waals surface area contributed by atoms with Crippen molar-refractivity contribution in [1.29, 1.82) is 5.41 Å². The Balaban J connectivity index is 1.44. The molecule has 5 nitrogen and oxygen atoms in total. The topological polar surface area (TPSA) is 56.6 Å². The summed E-state index contributed by atoms with van der Waals surface area (Å²) in [4.78, 5) is 15.4. The van der Waals surface area contributed by atoms with Gasteiger partial charge in [0.15, 0.2) is 0 Å². The summed E-state index contributed by atoms with van der Waals surface area (Å²) in [5, 5.41) is 7.20. The predicted molar refractivity (Wildman–Crippen MR) is 105 cm³/mol. The van der Waals surface area contributed by atoms with Gasteiger partial charge in [-0.1, -0.05) is 12.1 Å². The third kappa shape index (κ3) is 5.06. The first-order valence-electron chi connectivity index (χ1n) is 9.97. The summed E-state index contributed by atoms with van der Waals surface area (Å²) in [6.45, 7) is 5.64. The Kier molecular flexibility index (Phi) is 6.83. The van der Waals surface area contributed by atoms with E-state index < -0.39 is 0 Å². The number of piperidine rings is 2. The molecule has 1 aromatic rings. The number of carbonyl (C=O) groups excluding carboxylic acids is 1. The van der Waals surface area contributed by atoms with Gasteiger partial charge in [-0.05, 0) is 49.4 Å². The van der Waals surface area contributed by atoms with Crippen molar-refractivity contribution in [2.75, 3.05) is 37.7 Å². The van der Waals surface area contributed by atoms with Gasteiger partial charge in [-0.2, -0.15) is 0 Å². The molecule has 3 rings (SSSR count). The van der Waals surface area contributed by atoms with Gasteiger partial charge in [-0.3, -0.25) is 4.79 Å². The van der Waals surface area contributed by atoms with E-state index in [1.165, 1.54) is 6.21 Å². The molecular weight excluding hydrogens is 345 g/mol. The molecule has 2 aliphatic rings. The first-order chi connectivity index (χ1) is 13.1. The molecule has 27 heavy (non-hydrogen) atoms. The van der Waals surface area contributed by atoms with Gasteiger partial charge in [0.1, 0.15) is 5.82 Å². The molecule has 148 valence electrons. The number of anilines is 1. The van der Waals surface area contributed by atoms with Crippen molar-refractivity contribution >= 4 is 17.8 Å². The van der Waals surface area contributed by atoms with Gasteiger partial charge in [-0.15, -0.1) is 0 Å². The van der Waals surface area contributed by atoms with Gasteiger partial charge in [0.05, 0.1) is 11.8 Å². The molecule has 0 atom stereocenters. The second-order valence-electron chi connectivity index (χ2n) is 7.63. The van der Waals surface area contributed by atoms with Crippen LogP contribution in [0.25, 0.3) is 0 Å². The molecule has 1 aromatic carbocycles. The molecule has 0 saturated carbocycles. The summed E-state index contributed by atoms with van der Waals surface area (Å²) in [6.07, 6.45) is 5.68. The number of amides is 1. The van der Waals surface area contributed by atoms with Crippen molar-refractivity contribution in [2.45, 2.75) is 45.1 Å². The molecule has 0 spiro atoms. The number of likely N-dealkylation sites (tertiary alicyclic amines) is 1. The lowest BCUT2D eigenvalue weighted by molar-refractivity contribution is -0.131. The number of hydrogen-bond donors (Lipinski definition) is 1. The van der Waals surface area contributed by atoms with Crippen molar-refractivity contribution in [3.63, 3.8) is 0 Å². The highest BCUT2D eigenvalue weighted by molar-refractivity contribution is 5.73. The van der Waals surface area contributed by atoms with E-state index in [1.54, 1.807) is 13.0 Å². The van der Waals surface area contributed by atoms with Crippen LogP contribution in [-0.4, -0.2) is 55.9 Å². The number of ether oxygens (including phenoxy) is 1. The molecule has 0 aliphatic carbocycles.